The van der Waals surface area contributed by atoms with Crippen molar-refractivity contribution in [3.05, 3.63) is 83.7 Å². The predicted octanol–water partition coefficient (Wildman–Crippen LogP) is 8.24. The number of benzene rings is 3. The third kappa shape index (κ3) is 3.92. The lowest BCUT2D eigenvalue weighted by atomic mass is 9.82. The van der Waals surface area contributed by atoms with Gasteiger partial charge in [-0.05, 0) is 56.8 Å². The van der Waals surface area contributed by atoms with Crippen LogP contribution in [0.4, 0.5) is 0 Å². The van der Waals surface area contributed by atoms with Crippen molar-refractivity contribution in [2.45, 2.75) is 65.4 Å². The van der Waals surface area contributed by atoms with Gasteiger partial charge in [0, 0.05) is 37.1 Å². The summed E-state index contributed by atoms with van der Waals surface area (Å²) < 4.78 is 117. The molecule has 0 aliphatic carbocycles. The monoisotopic (exact) mass is 424 g/mol. The van der Waals surface area contributed by atoms with Crippen LogP contribution in [-0.2, 0) is 5.41 Å². The highest BCUT2D eigenvalue weighted by Gasteiger charge is 2.22. The third-order valence-electron chi connectivity index (χ3n) is 5.38. The van der Waals surface area contributed by atoms with Crippen molar-refractivity contribution in [2.75, 3.05) is 0 Å². The molecule has 4 rings (SSSR count). The summed E-state index contributed by atoms with van der Waals surface area (Å²) in [5.74, 6) is -6.63. The fourth-order valence-corrected chi connectivity index (χ4v) is 3.96. The van der Waals surface area contributed by atoms with Crippen molar-refractivity contribution in [3.63, 3.8) is 0 Å². The number of para-hydroxylation sites is 1. The van der Waals surface area contributed by atoms with E-state index in [0.717, 1.165) is 34.5 Å². The Labute approximate surface area is 206 Å². The first-order valence-electron chi connectivity index (χ1n) is 17.0. The first kappa shape index (κ1) is 10.2. The van der Waals surface area contributed by atoms with Crippen molar-refractivity contribution in [3.8, 4) is 17.1 Å². The summed E-state index contributed by atoms with van der Waals surface area (Å²) in [7, 11) is 0. The Kier molecular flexibility index (Phi) is 2.62. The molecule has 0 unspecified atom stereocenters. The Bertz CT molecular complexity index is 1630. The fraction of sp³-hybridized carbons (Fsp3) is 0.345. The quantitative estimate of drug-likeness (QED) is 0.322. The molecule has 2 nitrogen and oxygen atoms in total. The molecule has 0 saturated carbocycles. The average molecular weight is 425 g/mol. The van der Waals surface area contributed by atoms with Crippen molar-refractivity contribution in [1.29, 1.82) is 0 Å². The van der Waals surface area contributed by atoms with Crippen LogP contribution in [0.1, 0.15) is 95.8 Å². The minimum atomic E-state index is -3.50. The highest BCUT2D eigenvalue weighted by atomic mass is 15.1. The maximum atomic E-state index is 9.02. The van der Waals surface area contributed by atoms with E-state index in [1.807, 2.05) is 51.1 Å². The topological polar surface area (TPSA) is 17.8 Å². The minimum absolute atomic E-state index is 0.0943. The number of rotatable bonds is 4. The second kappa shape index (κ2) is 8.00. The number of fused-ring (bicyclic) bond motifs is 1. The first-order chi connectivity index (χ1) is 20.3. The van der Waals surface area contributed by atoms with Crippen LogP contribution in [0, 0.1) is 0 Å². The van der Waals surface area contributed by atoms with Gasteiger partial charge >= 0.3 is 0 Å². The zero-order valence-electron chi connectivity index (χ0n) is 31.7. The van der Waals surface area contributed by atoms with Crippen LogP contribution in [-0.4, -0.2) is 9.55 Å². The van der Waals surface area contributed by atoms with Crippen molar-refractivity contribution >= 4 is 10.8 Å². The van der Waals surface area contributed by atoms with E-state index in [4.69, 9.17) is 19.2 Å². The Morgan fingerprint density at radius 1 is 0.903 bits per heavy atom. The summed E-state index contributed by atoms with van der Waals surface area (Å²) in [6.45, 7) is -7.96. The second-order valence-electron chi connectivity index (χ2n) is 8.57. The molecule has 0 aliphatic heterocycles. The van der Waals surface area contributed by atoms with E-state index in [9.17, 15) is 0 Å². The molecule has 0 spiro atoms. The van der Waals surface area contributed by atoms with E-state index in [2.05, 4.69) is 4.98 Å². The van der Waals surface area contributed by atoms with Gasteiger partial charge in [-0.3, -0.25) is 4.57 Å². The van der Waals surface area contributed by atoms with E-state index in [0.29, 0.717) is 5.56 Å². The van der Waals surface area contributed by atoms with Gasteiger partial charge in [0.05, 0.1) is 5.69 Å². The molecule has 3 aromatic carbocycles. The lowest BCUT2D eigenvalue weighted by Gasteiger charge is -2.24. The molecule has 1 heterocycles. The van der Waals surface area contributed by atoms with Crippen LogP contribution >= 0.6 is 0 Å². The van der Waals surface area contributed by atoms with E-state index in [-0.39, 0.29) is 11.2 Å². The average Bonchev–Trinajstić information content (AvgIpc) is 3.37. The van der Waals surface area contributed by atoms with Crippen LogP contribution in [0.2, 0.25) is 0 Å². The van der Waals surface area contributed by atoms with Gasteiger partial charge in [0.2, 0.25) is 0 Å². The second-order valence-corrected chi connectivity index (χ2v) is 8.57. The summed E-state index contributed by atoms with van der Waals surface area (Å²) in [6, 6.07) is 14.4. The highest BCUT2D eigenvalue weighted by molar-refractivity contribution is 5.90. The zero-order chi connectivity index (χ0) is 34.2. The number of hydrogen-bond acceptors (Lipinski definition) is 1. The predicted molar refractivity (Wildman–Crippen MR) is 133 cm³/mol. The minimum Gasteiger partial charge on any atom is -0.299 e. The maximum Gasteiger partial charge on any atom is 0.144 e. The number of imidazole rings is 1. The summed E-state index contributed by atoms with van der Waals surface area (Å²) in [4.78, 5) is 4.47. The Morgan fingerprint density at radius 2 is 1.58 bits per heavy atom. The molecular weight excluding hydrogens is 376 g/mol. The van der Waals surface area contributed by atoms with Crippen molar-refractivity contribution < 1.29 is 19.2 Å². The number of nitrogens with zero attached hydrogens (tertiary/aromatic N) is 2. The SMILES string of the molecule is [2H]C([2H])([2H])C([2H])(c1cccc(C([2H])(C([2H])([2H])[2H])C([2H])([2H])[2H])c1-n1ccnc1-c1cc(C(C)(C)C)c2ccccc2c1)C([2H])([2H])[2H]. The van der Waals surface area contributed by atoms with Crippen LogP contribution in [0.15, 0.2) is 67.0 Å². The van der Waals surface area contributed by atoms with Crippen molar-refractivity contribution in [1.82, 2.24) is 9.55 Å². The van der Waals surface area contributed by atoms with Gasteiger partial charge in [0.1, 0.15) is 5.82 Å². The summed E-state index contributed by atoms with van der Waals surface area (Å²) >= 11 is 0. The largest absolute Gasteiger partial charge is 0.299 e. The molecule has 0 saturated heterocycles. The lowest BCUT2D eigenvalue weighted by molar-refractivity contribution is 0.596. The molecule has 0 fully saturated rings. The molecule has 0 aliphatic rings. The summed E-state index contributed by atoms with van der Waals surface area (Å²) in [5.41, 5.74) is -0.893. The highest BCUT2D eigenvalue weighted by Crippen LogP contribution is 2.37. The molecular formula is C29H34N2. The van der Waals surface area contributed by atoms with E-state index < -0.39 is 56.0 Å². The van der Waals surface area contributed by atoms with Gasteiger partial charge in [-0.15, -0.1) is 0 Å². The summed E-state index contributed by atoms with van der Waals surface area (Å²) in [6.07, 6.45) is 2.62. The van der Waals surface area contributed by atoms with Crippen LogP contribution in [0.3, 0.4) is 0 Å². The molecule has 0 N–H and O–H groups in total. The fourth-order valence-electron chi connectivity index (χ4n) is 3.96. The standard InChI is InChI=1S/C29H34N2/c1-19(2)23-13-10-14-24(20(3)4)27(23)31-16-15-30-28(31)22-17-21-11-8-9-12-25(21)26(18-22)29(5,6)7/h8-20H,1-7H3/i1D3,2D3,3D3,4D3,19D,20D. The van der Waals surface area contributed by atoms with E-state index in [1.165, 1.54) is 17.0 Å². The van der Waals surface area contributed by atoms with Crippen LogP contribution in [0.5, 0.6) is 0 Å². The molecule has 0 amide bonds. The Balaban J connectivity index is 2.25. The normalized spacial score (nSPS) is 21.3. The number of aromatic nitrogens is 2. The van der Waals surface area contributed by atoms with Gasteiger partial charge in [-0.1, -0.05) is 90.6 Å². The Hall–Kier alpha value is -2.87. The zero-order valence-corrected chi connectivity index (χ0v) is 17.7. The van der Waals surface area contributed by atoms with Gasteiger partial charge in [-0.25, -0.2) is 4.98 Å². The maximum absolute atomic E-state index is 9.02. The first-order valence-corrected chi connectivity index (χ1v) is 10.00. The van der Waals surface area contributed by atoms with Crippen LogP contribution < -0.4 is 0 Å². The van der Waals surface area contributed by atoms with Crippen LogP contribution in [0.25, 0.3) is 27.8 Å². The van der Waals surface area contributed by atoms with Gasteiger partial charge in [0.15, 0.2) is 0 Å². The molecule has 1 aromatic heterocycles. The number of hydrogen-bond donors (Lipinski definition) is 0. The molecule has 2 heteroatoms. The lowest BCUT2D eigenvalue weighted by Crippen LogP contribution is -2.12. The third-order valence-corrected chi connectivity index (χ3v) is 5.38. The summed E-state index contributed by atoms with van der Waals surface area (Å²) in [5, 5.41) is 1.78. The molecule has 0 radical (unpaired) electrons. The smallest absolute Gasteiger partial charge is 0.144 e. The molecule has 31 heavy (non-hydrogen) atoms. The van der Waals surface area contributed by atoms with Gasteiger partial charge < -0.3 is 0 Å². The molecule has 0 atom stereocenters. The van der Waals surface area contributed by atoms with E-state index in [1.54, 1.807) is 6.07 Å². The van der Waals surface area contributed by atoms with Crippen molar-refractivity contribution in [2.24, 2.45) is 0 Å². The van der Waals surface area contributed by atoms with Gasteiger partial charge in [0.25, 0.3) is 0 Å². The van der Waals surface area contributed by atoms with E-state index >= 15 is 0 Å². The molecule has 160 valence electrons. The molecule has 0 bridgehead atoms. The van der Waals surface area contributed by atoms with Gasteiger partial charge in [-0.2, -0.15) is 0 Å². The Morgan fingerprint density at radius 3 is 2.23 bits per heavy atom. The molecule has 4 aromatic rings.